The molecule has 1 aliphatic heterocycles. The van der Waals surface area contributed by atoms with Crippen molar-refractivity contribution in [1.82, 2.24) is 0 Å². The van der Waals surface area contributed by atoms with Gasteiger partial charge in [0, 0.05) is 35.4 Å². The van der Waals surface area contributed by atoms with Crippen LogP contribution >= 0.6 is 11.6 Å². The van der Waals surface area contributed by atoms with Crippen molar-refractivity contribution in [2.75, 3.05) is 11.4 Å². The molecule has 0 radical (unpaired) electrons. The van der Waals surface area contributed by atoms with E-state index < -0.39 is 0 Å². The zero-order valence-electron chi connectivity index (χ0n) is 9.75. The van der Waals surface area contributed by atoms with Gasteiger partial charge in [-0.3, -0.25) is 0 Å². The van der Waals surface area contributed by atoms with E-state index in [0.717, 1.165) is 17.1 Å². The normalized spacial score (nSPS) is 20.4. The van der Waals surface area contributed by atoms with E-state index in [-0.39, 0.29) is 0 Å². The van der Waals surface area contributed by atoms with E-state index in [2.05, 4.69) is 17.9 Å². The Balaban J connectivity index is 2.35. The van der Waals surface area contributed by atoms with Crippen molar-refractivity contribution in [2.45, 2.75) is 38.8 Å². The molecule has 0 bridgehead atoms. The third-order valence-electron chi connectivity index (χ3n) is 3.46. The van der Waals surface area contributed by atoms with Crippen LogP contribution in [0.3, 0.4) is 0 Å². The van der Waals surface area contributed by atoms with Gasteiger partial charge in [-0.2, -0.15) is 0 Å². The lowest BCUT2D eigenvalue weighted by Crippen LogP contribution is -2.29. The number of nitrogens with zero attached hydrogens (tertiary/aromatic N) is 1. The van der Waals surface area contributed by atoms with Crippen LogP contribution in [-0.2, 0) is 6.54 Å². The number of nitrogens with two attached hydrogens (primary N) is 1. The lowest BCUT2D eigenvalue weighted by atomic mass is 10.1. The minimum absolute atomic E-state index is 0.516. The predicted octanol–water partition coefficient (Wildman–Crippen LogP) is 3.18. The molecule has 0 amide bonds. The molecule has 2 N–H and O–H groups in total. The van der Waals surface area contributed by atoms with E-state index in [1.165, 1.54) is 24.9 Å². The quantitative estimate of drug-likeness (QED) is 0.877. The highest BCUT2D eigenvalue weighted by atomic mass is 35.5. The largest absolute Gasteiger partial charge is 0.368 e. The highest BCUT2D eigenvalue weighted by molar-refractivity contribution is 6.31. The maximum atomic E-state index is 6.19. The second-order valence-electron chi connectivity index (χ2n) is 4.34. The van der Waals surface area contributed by atoms with Gasteiger partial charge in [0.1, 0.15) is 0 Å². The summed E-state index contributed by atoms with van der Waals surface area (Å²) in [4.78, 5) is 2.47. The second kappa shape index (κ2) is 5.07. The standard InChI is InChI=1S/C13H19ClN2/c1-2-10-5-4-8-16(10)13-7-3-6-12(14)11(13)9-15/h3,6-7,10H,2,4-5,8-9,15H2,1H3. The SMILES string of the molecule is CCC1CCCN1c1cccc(Cl)c1CN. The highest BCUT2D eigenvalue weighted by Gasteiger charge is 2.24. The fourth-order valence-corrected chi connectivity index (χ4v) is 2.84. The van der Waals surface area contributed by atoms with E-state index in [0.29, 0.717) is 12.6 Å². The van der Waals surface area contributed by atoms with Crippen molar-refractivity contribution in [1.29, 1.82) is 0 Å². The van der Waals surface area contributed by atoms with Gasteiger partial charge in [-0.05, 0) is 31.4 Å². The third kappa shape index (κ3) is 2.04. The van der Waals surface area contributed by atoms with E-state index in [1.54, 1.807) is 0 Å². The van der Waals surface area contributed by atoms with Crippen molar-refractivity contribution in [3.8, 4) is 0 Å². The van der Waals surface area contributed by atoms with Crippen LogP contribution in [0.25, 0.3) is 0 Å². The van der Waals surface area contributed by atoms with Gasteiger partial charge in [-0.15, -0.1) is 0 Å². The van der Waals surface area contributed by atoms with Crippen molar-refractivity contribution in [2.24, 2.45) is 5.73 Å². The van der Waals surface area contributed by atoms with Crippen molar-refractivity contribution < 1.29 is 0 Å². The van der Waals surface area contributed by atoms with Crippen molar-refractivity contribution in [3.63, 3.8) is 0 Å². The summed E-state index contributed by atoms with van der Waals surface area (Å²) < 4.78 is 0. The van der Waals surface area contributed by atoms with E-state index in [9.17, 15) is 0 Å². The third-order valence-corrected chi connectivity index (χ3v) is 3.81. The number of hydrogen-bond donors (Lipinski definition) is 1. The minimum Gasteiger partial charge on any atom is -0.368 e. The van der Waals surface area contributed by atoms with E-state index >= 15 is 0 Å². The second-order valence-corrected chi connectivity index (χ2v) is 4.75. The molecule has 1 aromatic carbocycles. The number of rotatable bonds is 3. The lowest BCUT2D eigenvalue weighted by molar-refractivity contribution is 0.643. The molecule has 16 heavy (non-hydrogen) atoms. The maximum Gasteiger partial charge on any atom is 0.0471 e. The first kappa shape index (κ1) is 11.7. The van der Waals surface area contributed by atoms with Crippen molar-refractivity contribution >= 4 is 17.3 Å². The van der Waals surface area contributed by atoms with Gasteiger partial charge >= 0.3 is 0 Å². The number of benzene rings is 1. The Morgan fingerprint density at radius 2 is 2.31 bits per heavy atom. The summed E-state index contributed by atoms with van der Waals surface area (Å²) in [6.45, 7) is 3.89. The molecular formula is C13H19ClN2. The topological polar surface area (TPSA) is 29.3 Å². The van der Waals surface area contributed by atoms with Crippen molar-refractivity contribution in [3.05, 3.63) is 28.8 Å². The molecule has 0 saturated carbocycles. The zero-order chi connectivity index (χ0) is 11.5. The first-order chi connectivity index (χ1) is 7.77. The summed E-state index contributed by atoms with van der Waals surface area (Å²) in [6.07, 6.45) is 3.75. The molecule has 0 spiro atoms. The van der Waals surface area contributed by atoms with Crippen LogP contribution in [0, 0.1) is 0 Å². The fourth-order valence-electron chi connectivity index (χ4n) is 2.60. The summed E-state index contributed by atoms with van der Waals surface area (Å²) in [6, 6.07) is 6.73. The number of hydrogen-bond acceptors (Lipinski definition) is 2. The van der Waals surface area contributed by atoms with Gasteiger partial charge in [0.05, 0.1) is 0 Å². The summed E-state index contributed by atoms with van der Waals surface area (Å²) in [5.74, 6) is 0. The first-order valence-corrected chi connectivity index (χ1v) is 6.39. The molecule has 0 aromatic heterocycles. The Labute approximate surface area is 102 Å². The minimum atomic E-state index is 0.516. The smallest absolute Gasteiger partial charge is 0.0471 e. The predicted molar refractivity (Wildman–Crippen MR) is 70.0 cm³/mol. The Bertz CT molecular complexity index is 365. The van der Waals surface area contributed by atoms with Crippen LogP contribution in [0.1, 0.15) is 31.7 Å². The van der Waals surface area contributed by atoms with Crippen LogP contribution in [0.15, 0.2) is 18.2 Å². The Hall–Kier alpha value is -0.730. The van der Waals surface area contributed by atoms with Crippen LogP contribution in [0.4, 0.5) is 5.69 Å². The van der Waals surface area contributed by atoms with Gasteiger partial charge < -0.3 is 10.6 Å². The molecule has 2 rings (SSSR count). The molecule has 2 nitrogen and oxygen atoms in total. The number of halogens is 1. The number of anilines is 1. The molecule has 1 unspecified atom stereocenters. The molecule has 1 aromatic rings. The van der Waals surface area contributed by atoms with Crippen LogP contribution in [0.2, 0.25) is 5.02 Å². The molecule has 1 fully saturated rings. The van der Waals surface area contributed by atoms with E-state index in [1.807, 2.05) is 12.1 Å². The Kier molecular flexibility index (Phi) is 3.72. The fraction of sp³-hybridized carbons (Fsp3) is 0.538. The summed E-state index contributed by atoms with van der Waals surface area (Å²) in [7, 11) is 0. The summed E-state index contributed by atoms with van der Waals surface area (Å²) in [5.41, 5.74) is 8.12. The van der Waals surface area contributed by atoms with Gasteiger partial charge in [0.15, 0.2) is 0 Å². The summed E-state index contributed by atoms with van der Waals surface area (Å²) in [5, 5.41) is 0.793. The monoisotopic (exact) mass is 238 g/mol. The molecule has 1 atom stereocenters. The molecule has 0 aliphatic carbocycles. The average molecular weight is 239 g/mol. The van der Waals surface area contributed by atoms with Gasteiger partial charge in [-0.1, -0.05) is 24.6 Å². The molecular weight excluding hydrogens is 220 g/mol. The maximum absolute atomic E-state index is 6.19. The van der Waals surface area contributed by atoms with Crippen LogP contribution in [-0.4, -0.2) is 12.6 Å². The molecule has 1 saturated heterocycles. The molecule has 88 valence electrons. The Morgan fingerprint density at radius 1 is 1.50 bits per heavy atom. The average Bonchev–Trinajstić information content (AvgIpc) is 2.76. The Morgan fingerprint density at radius 3 is 3.00 bits per heavy atom. The van der Waals surface area contributed by atoms with Gasteiger partial charge in [-0.25, -0.2) is 0 Å². The van der Waals surface area contributed by atoms with Crippen LogP contribution in [0.5, 0.6) is 0 Å². The molecule has 3 heteroatoms. The zero-order valence-corrected chi connectivity index (χ0v) is 10.5. The van der Waals surface area contributed by atoms with Gasteiger partial charge in [0.25, 0.3) is 0 Å². The summed E-state index contributed by atoms with van der Waals surface area (Å²) >= 11 is 6.19. The highest BCUT2D eigenvalue weighted by Crippen LogP contribution is 2.33. The molecule has 1 aliphatic rings. The van der Waals surface area contributed by atoms with Crippen LogP contribution < -0.4 is 10.6 Å². The van der Waals surface area contributed by atoms with E-state index in [4.69, 9.17) is 17.3 Å². The molecule has 1 heterocycles. The first-order valence-electron chi connectivity index (χ1n) is 6.02. The lowest BCUT2D eigenvalue weighted by Gasteiger charge is -2.28. The van der Waals surface area contributed by atoms with Gasteiger partial charge in [0.2, 0.25) is 0 Å².